The Hall–Kier alpha value is -0.650. The molecule has 1 heterocycles. The zero-order valence-corrected chi connectivity index (χ0v) is 12.9. The zero-order chi connectivity index (χ0) is 14.5. The lowest BCUT2D eigenvalue weighted by Gasteiger charge is -2.44. The van der Waals surface area contributed by atoms with Gasteiger partial charge in [-0.05, 0) is 27.7 Å². The normalized spacial score (nSPS) is 20.9. The van der Waals surface area contributed by atoms with Crippen molar-refractivity contribution < 1.29 is 14.3 Å². The number of nitrogens with zero attached hydrogens (tertiary/aromatic N) is 1. The summed E-state index contributed by atoms with van der Waals surface area (Å²) in [4.78, 5) is 14.6. The minimum Gasteiger partial charge on any atom is -0.465 e. The van der Waals surface area contributed by atoms with Crippen LogP contribution in [0.3, 0.4) is 0 Å². The molecular weight excluding hydrogens is 244 g/mol. The van der Waals surface area contributed by atoms with Crippen LogP contribution in [0.25, 0.3) is 0 Å². The molecule has 1 N–H and O–H groups in total. The summed E-state index contributed by atoms with van der Waals surface area (Å²) in [5.41, 5.74) is -0.982. The Morgan fingerprint density at radius 3 is 2.32 bits per heavy atom. The van der Waals surface area contributed by atoms with E-state index in [1.807, 2.05) is 27.7 Å². The quantitative estimate of drug-likeness (QED) is 0.732. The van der Waals surface area contributed by atoms with Crippen LogP contribution in [0.5, 0.6) is 0 Å². The van der Waals surface area contributed by atoms with Crippen LogP contribution in [0.4, 0.5) is 0 Å². The van der Waals surface area contributed by atoms with Crippen molar-refractivity contribution in [1.82, 2.24) is 10.2 Å². The first-order chi connectivity index (χ1) is 8.85. The Balaban J connectivity index is 2.91. The van der Waals surface area contributed by atoms with E-state index in [0.717, 1.165) is 26.2 Å². The predicted molar refractivity (Wildman–Crippen MR) is 75.2 cm³/mol. The summed E-state index contributed by atoms with van der Waals surface area (Å²) < 4.78 is 10.8. The molecule has 0 aromatic carbocycles. The Labute approximate surface area is 116 Å². The van der Waals surface area contributed by atoms with E-state index in [2.05, 4.69) is 10.2 Å². The molecule has 0 aromatic rings. The molecule has 0 amide bonds. The van der Waals surface area contributed by atoms with Crippen molar-refractivity contribution in [2.24, 2.45) is 0 Å². The highest BCUT2D eigenvalue weighted by atomic mass is 16.5. The lowest BCUT2D eigenvalue weighted by Crippen LogP contribution is -2.61. The van der Waals surface area contributed by atoms with Gasteiger partial charge in [-0.1, -0.05) is 0 Å². The van der Waals surface area contributed by atoms with Crippen LogP contribution >= 0.6 is 0 Å². The highest BCUT2D eigenvalue weighted by molar-refractivity contribution is 5.80. The highest BCUT2D eigenvalue weighted by Gasteiger charge is 2.45. The second-order valence-electron chi connectivity index (χ2n) is 5.87. The maximum absolute atomic E-state index is 12.4. The summed E-state index contributed by atoms with van der Waals surface area (Å²) in [5.74, 6) is -0.151. The molecule has 1 saturated heterocycles. The van der Waals surface area contributed by atoms with E-state index in [9.17, 15) is 4.79 Å². The van der Waals surface area contributed by atoms with E-state index in [1.54, 1.807) is 7.11 Å². The minimum absolute atomic E-state index is 0.151. The standard InChI is InChI=1S/C14H28N2O3/c1-6-19-12(17)14(4,11-13(2,3)18-5)16-9-7-15-8-10-16/h15H,6-11H2,1-5H3. The first-order valence-corrected chi connectivity index (χ1v) is 7.04. The summed E-state index contributed by atoms with van der Waals surface area (Å²) in [6.45, 7) is 11.8. The van der Waals surface area contributed by atoms with Crippen LogP contribution in [0.2, 0.25) is 0 Å². The van der Waals surface area contributed by atoms with Gasteiger partial charge in [-0.25, -0.2) is 0 Å². The molecule has 0 radical (unpaired) electrons. The monoisotopic (exact) mass is 272 g/mol. The zero-order valence-electron chi connectivity index (χ0n) is 12.9. The molecule has 19 heavy (non-hydrogen) atoms. The third-order valence-electron chi connectivity index (χ3n) is 3.85. The largest absolute Gasteiger partial charge is 0.465 e. The number of ether oxygens (including phenoxy) is 2. The molecule has 1 aliphatic rings. The number of carbonyl (C=O) groups excluding carboxylic acids is 1. The molecule has 0 aliphatic carbocycles. The molecule has 5 nitrogen and oxygen atoms in total. The molecule has 5 heteroatoms. The molecule has 0 saturated carbocycles. The molecule has 0 aromatic heterocycles. The van der Waals surface area contributed by atoms with Gasteiger partial charge in [0.1, 0.15) is 5.54 Å². The fourth-order valence-electron chi connectivity index (χ4n) is 2.66. The molecule has 0 bridgehead atoms. The average molecular weight is 272 g/mol. The van der Waals surface area contributed by atoms with Gasteiger partial charge >= 0.3 is 5.97 Å². The minimum atomic E-state index is -0.627. The van der Waals surface area contributed by atoms with Gasteiger partial charge in [0.05, 0.1) is 12.2 Å². The summed E-state index contributed by atoms with van der Waals surface area (Å²) >= 11 is 0. The maximum Gasteiger partial charge on any atom is 0.326 e. The summed E-state index contributed by atoms with van der Waals surface area (Å²) in [6.07, 6.45) is 0.620. The second-order valence-corrected chi connectivity index (χ2v) is 5.87. The van der Waals surface area contributed by atoms with E-state index in [4.69, 9.17) is 9.47 Å². The van der Waals surface area contributed by atoms with Gasteiger partial charge in [0.25, 0.3) is 0 Å². The van der Waals surface area contributed by atoms with Crippen molar-refractivity contribution in [3.63, 3.8) is 0 Å². The van der Waals surface area contributed by atoms with Crippen LogP contribution in [0.15, 0.2) is 0 Å². The third-order valence-corrected chi connectivity index (χ3v) is 3.85. The maximum atomic E-state index is 12.4. The topological polar surface area (TPSA) is 50.8 Å². The number of methoxy groups -OCH3 is 1. The van der Waals surface area contributed by atoms with E-state index < -0.39 is 5.54 Å². The lowest BCUT2D eigenvalue weighted by molar-refractivity contribution is -0.162. The first kappa shape index (κ1) is 16.4. The molecule has 1 unspecified atom stereocenters. The SMILES string of the molecule is CCOC(=O)C(C)(CC(C)(C)OC)N1CCNCC1. The summed E-state index contributed by atoms with van der Waals surface area (Å²) in [6, 6.07) is 0. The van der Waals surface area contributed by atoms with E-state index in [-0.39, 0.29) is 11.6 Å². The van der Waals surface area contributed by atoms with Crippen molar-refractivity contribution in [1.29, 1.82) is 0 Å². The number of hydrogen-bond acceptors (Lipinski definition) is 5. The van der Waals surface area contributed by atoms with Gasteiger partial charge in [-0.15, -0.1) is 0 Å². The molecule has 112 valence electrons. The summed E-state index contributed by atoms with van der Waals surface area (Å²) in [7, 11) is 1.68. The van der Waals surface area contributed by atoms with Gasteiger partial charge in [0.2, 0.25) is 0 Å². The summed E-state index contributed by atoms with van der Waals surface area (Å²) in [5, 5.41) is 3.31. The van der Waals surface area contributed by atoms with Crippen molar-refractivity contribution in [3.8, 4) is 0 Å². The molecule has 1 atom stereocenters. The van der Waals surface area contributed by atoms with Crippen molar-refractivity contribution >= 4 is 5.97 Å². The Morgan fingerprint density at radius 2 is 1.84 bits per heavy atom. The lowest BCUT2D eigenvalue weighted by atomic mass is 9.85. The molecule has 1 aliphatic heterocycles. The fourth-order valence-corrected chi connectivity index (χ4v) is 2.66. The van der Waals surface area contributed by atoms with Crippen molar-refractivity contribution in [3.05, 3.63) is 0 Å². The Kier molecular flexibility index (Phi) is 5.77. The van der Waals surface area contributed by atoms with Gasteiger partial charge in [-0.3, -0.25) is 9.69 Å². The predicted octanol–water partition coefficient (Wildman–Crippen LogP) is 1.03. The van der Waals surface area contributed by atoms with Crippen LogP contribution < -0.4 is 5.32 Å². The van der Waals surface area contributed by atoms with Crippen LogP contribution in [0.1, 0.15) is 34.1 Å². The number of nitrogens with one attached hydrogen (secondary N) is 1. The number of carbonyl (C=O) groups is 1. The second kappa shape index (κ2) is 6.68. The number of rotatable bonds is 6. The first-order valence-electron chi connectivity index (χ1n) is 7.04. The average Bonchev–Trinajstić information content (AvgIpc) is 2.39. The number of hydrogen-bond donors (Lipinski definition) is 1. The molecule has 1 rings (SSSR count). The van der Waals surface area contributed by atoms with E-state index in [1.165, 1.54) is 0 Å². The van der Waals surface area contributed by atoms with E-state index >= 15 is 0 Å². The molecule has 1 fully saturated rings. The van der Waals surface area contributed by atoms with Crippen molar-refractivity contribution in [2.45, 2.75) is 45.3 Å². The van der Waals surface area contributed by atoms with Crippen molar-refractivity contribution in [2.75, 3.05) is 39.9 Å². The smallest absolute Gasteiger partial charge is 0.326 e. The number of piperazine rings is 1. The number of esters is 1. The van der Waals surface area contributed by atoms with Crippen LogP contribution in [0, 0.1) is 0 Å². The van der Waals surface area contributed by atoms with Gasteiger partial charge in [0, 0.05) is 39.7 Å². The van der Waals surface area contributed by atoms with Gasteiger partial charge in [0.15, 0.2) is 0 Å². The Bertz CT molecular complexity index is 301. The third kappa shape index (κ3) is 4.16. The molecular formula is C14H28N2O3. The van der Waals surface area contributed by atoms with E-state index in [0.29, 0.717) is 13.0 Å². The fraction of sp³-hybridized carbons (Fsp3) is 0.929. The Morgan fingerprint density at radius 1 is 1.26 bits per heavy atom. The van der Waals surface area contributed by atoms with Crippen LogP contribution in [-0.4, -0.2) is 61.9 Å². The highest BCUT2D eigenvalue weighted by Crippen LogP contribution is 2.30. The van der Waals surface area contributed by atoms with Gasteiger partial charge < -0.3 is 14.8 Å². The molecule has 0 spiro atoms. The van der Waals surface area contributed by atoms with Gasteiger partial charge in [-0.2, -0.15) is 0 Å². The van der Waals surface area contributed by atoms with Crippen LogP contribution in [-0.2, 0) is 14.3 Å².